The number of aromatic hydroxyl groups is 1. The summed E-state index contributed by atoms with van der Waals surface area (Å²) in [6.07, 6.45) is 0. The van der Waals surface area contributed by atoms with E-state index < -0.39 is 10.0 Å². The summed E-state index contributed by atoms with van der Waals surface area (Å²) in [5.41, 5.74) is 3.39. The van der Waals surface area contributed by atoms with Crippen molar-refractivity contribution in [3.05, 3.63) is 70.0 Å². The molecule has 0 amide bonds. The lowest BCUT2D eigenvalue weighted by atomic mass is 10.1. The molecule has 0 saturated heterocycles. The van der Waals surface area contributed by atoms with E-state index in [-0.39, 0.29) is 18.0 Å². The van der Waals surface area contributed by atoms with Crippen molar-refractivity contribution in [1.29, 1.82) is 0 Å². The highest BCUT2D eigenvalue weighted by atomic mass is 32.2. The Kier molecular flexibility index (Phi) is 5.17. The fourth-order valence-electron chi connectivity index (χ4n) is 2.36. The van der Waals surface area contributed by atoms with Crippen molar-refractivity contribution in [3.63, 3.8) is 0 Å². The molecule has 0 unspecified atom stereocenters. The zero-order valence-electron chi connectivity index (χ0n) is 13.6. The molecule has 0 aliphatic rings. The van der Waals surface area contributed by atoms with Gasteiger partial charge in [0.15, 0.2) is 0 Å². The molecule has 25 heavy (non-hydrogen) atoms. The van der Waals surface area contributed by atoms with E-state index in [1.54, 1.807) is 24.3 Å². The van der Waals surface area contributed by atoms with E-state index >= 15 is 0 Å². The van der Waals surface area contributed by atoms with Gasteiger partial charge in [0.1, 0.15) is 10.8 Å². The minimum absolute atomic E-state index is 0.0458. The molecule has 1 aromatic heterocycles. The Morgan fingerprint density at radius 2 is 1.84 bits per heavy atom. The second-order valence-corrected chi connectivity index (χ2v) is 8.43. The fraction of sp³-hybridized carbons (Fsp3) is 0.167. The summed E-state index contributed by atoms with van der Waals surface area (Å²) >= 11 is 1.40. The Bertz CT molecular complexity index is 964. The monoisotopic (exact) mass is 374 g/mol. The van der Waals surface area contributed by atoms with Gasteiger partial charge in [-0.1, -0.05) is 24.3 Å². The molecule has 3 rings (SSSR count). The molecule has 2 N–H and O–H groups in total. The molecule has 0 bridgehead atoms. The SMILES string of the molecule is Cc1ccccc1CS(=O)(=O)NCc1nc(-c2ccc(O)cc2)cs1. The van der Waals surface area contributed by atoms with Crippen LogP contribution in [0, 0.1) is 6.92 Å². The van der Waals surface area contributed by atoms with Crippen LogP contribution in [0.4, 0.5) is 0 Å². The number of nitrogens with one attached hydrogen (secondary N) is 1. The van der Waals surface area contributed by atoms with Crippen LogP contribution in [0.2, 0.25) is 0 Å². The van der Waals surface area contributed by atoms with Crippen LogP contribution in [-0.2, 0) is 22.3 Å². The maximum absolute atomic E-state index is 12.3. The molecular formula is C18H18N2O3S2. The van der Waals surface area contributed by atoms with E-state index in [1.807, 2.05) is 36.6 Å². The molecule has 0 aliphatic heterocycles. The molecular weight excluding hydrogens is 356 g/mol. The number of thiazole rings is 1. The standard InChI is InChI=1S/C18H18N2O3S2/c1-13-4-2-3-5-15(13)12-25(22,23)19-10-18-20-17(11-24-18)14-6-8-16(21)9-7-14/h2-9,11,19,21H,10,12H2,1H3. The maximum atomic E-state index is 12.3. The summed E-state index contributed by atoms with van der Waals surface area (Å²) in [6, 6.07) is 14.2. The smallest absolute Gasteiger partial charge is 0.216 e. The van der Waals surface area contributed by atoms with E-state index in [9.17, 15) is 13.5 Å². The number of rotatable bonds is 6. The van der Waals surface area contributed by atoms with E-state index in [2.05, 4.69) is 9.71 Å². The minimum Gasteiger partial charge on any atom is -0.508 e. The number of aromatic nitrogens is 1. The third-order valence-corrected chi connectivity index (χ3v) is 5.89. The lowest BCUT2D eigenvalue weighted by molar-refractivity contribution is 0.475. The van der Waals surface area contributed by atoms with Gasteiger partial charge in [0.05, 0.1) is 18.0 Å². The molecule has 0 saturated carbocycles. The van der Waals surface area contributed by atoms with Crippen molar-refractivity contribution in [2.45, 2.75) is 19.2 Å². The summed E-state index contributed by atoms with van der Waals surface area (Å²) in [4.78, 5) is 4.45. The van der Waals surface area contributed by atoms with Crippen LogP contribution in [0.15, 0.2) is 53.9 Å². The second kappa shape index (κ2) is 7.35. The van der Waals surface area contributed by atoms with Crippen LogP contribution in [0.3, 0.4) is 0 Å². The van der Waals surface area contributed by atoms with Gasteiger partial charge in [0.25, 0.3) is 0 Å². The first-order chi connectivity index (χ1) is 11.9. The number of phenolic OH excluding ortho intramolecular Hbond substituents is 1. The zero-order valence-corrected chi connectivity index (χ0v) is 15.3. The lowest BCUT2D eigenvalue weighted by Crippen LogP contribution is -2.24. The van der Waals surface area contributed by atoms with Gasteiger partial charge in [-0.05, 0) is 42.3 Å². The summed E-state index contributed by atoms with van der Waals surface area (Å²) < 4.78 is 27.2. The van der Waals surface area contributed by atoms with Crippen molar-refractivity contribution < 1.29 is 13.5 Å². The van der Waals surface area contributed by atoms with Gasteiger partial charge in [-0.3, -0.25) is 0 Å². The summed E-state index contributed by atoms with van der Waals surface area (Å²) in [5.74, 6) is 0.152. The molecule has 130 valence electrons. The predicted octanol–water partition coefficient (Wildman–Crippen LogP) is 3.44. The van der Waals surface area contributed by atoms with Crippen LogP contribution in [-0.4, -0.2) is 18.5 Å². The van der Waals surface area contributed by atoms with E-state index in [0.29, 0.717) is 5.01 Å². The zero-order chi connectivity index (χ0) is 17.9. The highest BCUT2D eigenvalue weighted by molar-refractivity contribution is 7.88. The van der Waals surface area contributed by atoms with Crippen LogP contribution >= 0.6 is 11.3 Å². The molecule has 0 atom stereocenters. The Morgan fingerprint density at radius 1 is 1.12 bits per heavy atom. The number of nitrogens with zero attached hydrogens (tertiary/aromatic N) is 1. The highest BCUT2D eigenvalue weighted by Gasteiger charge is 2.14. The van der Waals surface area contributed by atoms with Gasteiger partial charge in [-0.25, -0.2) is 18.1 Å². The summed E-state index contributed by atoms with van der Waals surface area (Å²) in [6.45, 7) is 2.06. The number of hydrogen-bond acceptors (Lipinski definition) is 5. The third-order valence-electron chi connectivity index (χ3n) is 3.76. The first-order valence-electron chi connectivity index (χ1n) is 7.68. The van der Waals surface area contributed by atoms with Crippen LogP contribution in [0.25, 0.3) is 11.3 Å². The molecule has 0 radical (unpaired) electrons. The van der Waals surface area contributed by atoms with E-state index in [0.717, 1.165) is 22.4 Å². The molecule has 0 aliphatic carbocycles. The van der Waals surface area contributed by atoms with Crippen LogP contribution < -0.4 is 4.72 Å². The highest BCUT2D eigenvalue weighted by Crippen LogP contribution is 2.24. The van der Waals surface area contributed by atoms with Crippen molar-refractivity contribution >= 4 is 21.4 Å². The topological polar surface area (TPSA) is 79.3 Å². The van der Waals surface area contributed by atoms with Gasteiger partial charge >= 0.3 is 0 Å². The molecule has 7 heteroatoms. The Morgan fingerprint density at radius 3 is 2.56 bits per heavy atom. The average Bonchev–Trinajstić information content (AvgIpc) is 3.05. The number of benzene rings is 2. The first kappa shape index (κ1) is 17.6. The van der Waals surface area contributed by atoms with E-state index in [1.165, 1.54) is 11.3 Å². The third kappa shape index (κ3) is 4.66. The molecule has 1 heterocycles. The second-order valence-electron chi connectivity index (χ2n) is 5.68. The Balaban J connectivity index is 1.65. The molecule has 2 aromatic carbocycles. The van der Waals surface area contributed by atoms with Crippen LogP contribution in [0.1, 0.15) is 16.1 Å². The number of phenols is 1. The van der Waals surface area contributed by atoms with Gasteiger partial charge in [-0.15, -0.1) is 11.3 Å². The Labute approximate surface area is 151 Å². The van der Waals surface area contributed by atoms with Gasteiger partial charge < -0.3 is 5.11 Å². The quantitative estimate of drug-likeness (QED) is 0.693. The van der Waals surface area contributed by atoms with Crippen molar-refractivity contribution in [1.82, 2.24) is 9.71 Å². The summed E-state index contributed by atoms with van der Waals surface area (Å²) in [5, 5.41) is 11.9. The summed E-state index contributed by atoms with van der Waals surface area (Å²) in [7, 11) is -3.43. The van der Waals surface area contributed by atoms with Gasteiger partial charge in [0.2, 0.25) is 10.0 Å². The van der Waals surface area contributed by atoms with Crippen molar-refractivity contribution in [3.8, 4) is 17.0 Å². The van der Waals surface area contributed by atoms with Crippen molar-refractivity contribution in [2.75, 3.05) is 0 Å². The van der Waals surface area contributed by atoms with Gasteiger partial charge in [-0.2, -0.15) is 0 Å². The number of aryl methyl sites for hydroxylation is 1. The molecule has 3 aromatic rings. The largest absolute Gasteiger partial charge is 0.508 e. The minimum atomic E-state index is -3.43. The molecule has 0 spiro atoms. The molecule has 5 nitrogen and oxygen atoms in total. The number of hydrogen-bond donors (Lipinski definition) is 2. The van der Waals surface area contributed by atoms with Crippen molar-refractivity contribution in [2.24, 2.45) is 0 Å². The Hall–Kier alpha value is -2.22. The van der Waals surface area contributed by atoms with E-state index in [4.69, 9.17) is 0 Å². The predicted molar refractivity (Wildman–Crippen MR) is 99.9 cm³/mol. The average molecular weight is 374 g/mol. The normalized spacial score (nSPS) is 11.6. The number of sulfonamides is 1. The van der Waals surface area contributed by atoms with Gasteiger partial charge in [0, 0.05) is 10.9 Å². The first-order valence-corrected chi connectivity index (χ1v) is 10.2. The van der Waals surface area contributed by atoms with Crippen LogP contribution in [0.5, 0.6) is 5.75 Å². The molecule has 0 fully saturated rings. The fourth-order valence-corrected chi connectivity index (χ4v) is 4.38. The lowest BCUT2D eigenvalue weighted by Gasteiger charge is -2.07. The maximum Gasteiger partial charge on any atom is 0.216 e.